The predicted octanol–water partition coefficient (Wildman–Crippen LogP) is 1.03. The van der Waals surface area contributed by atoms with Crippen molar-refractivity contribution >= 4 is 29.1 Å². The van der Waals surface area contributed by atoms with Crippen molar-refractivity contribution in [3.05, 3.63) is 58.7 Å². The second-order valence-corrected chi connectivity index (χ2v) is 5.02. The summed E-state index contributed by atoms with van der Waals surface area (Å²) in [5, 5.41) is 2.66. The van der Waals surface area contributed by atoms with Crippen LogP contribution < -0.4 is 22.5 Å². The average Bonchev–Trinajstić information content (AvgIpc) is 2.49. The Morgan fingerprint density at radius 2 is 1.61 bits per heavy atom. The number of aryl methyl sites for hydroxylation is 1. The van der Waals surface area contributed by atoms with E-state index in [0.29, 0.717) is 11.4 Å². The molecule has 3 amide bonds. The topological polar surface area (TPSA) is 141 Å². The minimum Gasteiger partial charge on any atom is -0.399 e. The third-order valence-corrected chi connectivity index (χ3v) is 3.31. The second kappa shape index (κ2) is 6.18. The molecule has 0 heterocycles. The summed E-state index contributed by atoms with van der Waals surface area (Å²) in [4.78, 5) is 35.2. The maximum atomic E-state index is 12.4. The van der Waals surface area contributed by atoms with E-state index in [2.05, 4.69) is 5.32 Å². The van der Waals surface area contributed by atoms with E-state index in [0.717, 1.165) is 5.56 Å². The van der Waals surface area contributed by atoms with Crippen LogP contribution in [0.5, 0.6) is 0 Å². The van der Waals surface area contributed by atoms with Crippen molar-refractivity contribution in [2.24, 2.45) is 11.5 Å². The molecular weight excluding hydrogens is 296 g/mol. The number of benzene rings is 2. The minimum atomic E-state index is -0.778. The van der Waals surface area contributed by atoms with Crippen molar-refractivity contribution in [3.8, 4) is 0 Å². The van der Waals surface area contributed by atoms with Crippen LogP contribution in [0.4, 0.5) is 11.4 Å². The number of nitrogen functional groups attached to an aromatic ring is 1. The van der Waals surface area contributed by atoms with Crippen LogP contribution >= 0.6 is 0 Å². The van der Waals surface area contributed by atoms with Crippen LogP contribution in [0, 0.1) is 6.92 Å². The molecule has 0 aliphatic rings. The average molecular weight is 312 g/mol. The van der Waals surface area contributed by atoms with Gasteiger partial charge in [-0.2, -0.15) is 0 Å². The molecule has 2 aromatic rings. The van der Waals surface area contributed by atoms with Gasteiger partial charge >= 0.3 is 0 Å². The van der Waals surface area contributed by atoms with Crippen molar-refractivity contribution in [3.63, 3.8) is 0 Å². The van der Waals surface area contributed by atoms with E-state index in [1.54, 1.807) is 25.1 Å². The Balaban J connectivity index is 2.42. The van der Waals surface area contributed by atoms with Gasteiger partial charge in [0.05, 0.1) is 11.1 Å². The zero-order valence-electron chi connectivity index (χ0n) is 12.4. The van der Waals surface area contributed by atoms with E-state index >= 15 is 0 Å². The first-order valence-corrected chi connectivity index (χ1v) is 6.70. The number of primary amides is 2. The van der Waals surface area contributed by atoms with Crippen LogP contribution in [0.15, 0.2) is 36.4 Å². The Kier molecular flexibility index (Phi) is 4.31. The van der Waals surface area contributed by atoms with Crippen LogP contribution in [0.1, 0.15) is 36.6 Å². The van der Waals surface area contributed by atoms with Gasteiger partial charge in [0, 0.05) is 16.9 Å². The number of rotatable bonds is 4. The highest BCUT2D eigenvalue weighted by molar-refractivity contribution is 6.13. The molecule has 7 nitrogen and oxygen atoms in total. The Labute approximate surface area is 132 Å². The summed E-state index contributed by atoms with van der Waals surface area (Å²) in [6, 6.07) is 8.86. The SMILES string of the molecule is Cc1cc(N)ccc1NC(=O)c1cc(C(N)=O)ccc1C(N)=O. The molecule has 23 heavy (non-hydrogen) atoms. The fourth-order valence-electron chi connectivity index (χ4n) is 2.12. The third kappa shape index (κ3) is 3.46. The molecule has 2 rings (SSSR count). The summed E-state index contributed by atoms with van der Waals surface area (Å²) in [6.45, 7) is 1.78. The maximum Gasteiger partial charge on any atom is 0.256 e. The molecule has 0 saturated carbocycles. The zero-order chi connectivity index (χ0) is 17.1. The van der Waals surface area contributed by atoms with Gasteiger partial charge in [0.2, 0.25) is 11.8 Å². The van der Waals surface area contributed by atoms with Crippen molar-refractivity contribution in [2.75, 3.05) is 11.1 Å². The van der Waals surface area contributed by atoms with E-state index in [1.165, 1.54) is 18.2 Å². The van der Waals surface area contributed by atoms with Gasteiger partial charge in [-0.1, -0.05) is 0 Å². The first kappa shape index (κ1) is 16.0. The lowest BCUT2D eigenvalue weighted by Gasteiger charge is -2.11. The van der Waals surface area contributed by atoms with Gasteiger partial charge in [0.15, 0.2) is 0 Å². The quantitative estimate of drug-likeness (QED) is 0.625. The molecule has 0 fully saturated rings. The molecular formula is C16H16N4O3. The molecule has 0 aliphatic heterocycles. The van der Waals surface area contributed by atoms with E-state index in [1.807, 2.05) is 0 Å². The van der Waals surface area contributed by atoms with E-state index in [4.69, 9.17) is 17.2 Å². The third-order valence-electron chi connectivity index (χ3n) is 3.31. The van der Waals surface area contributed by atoms with Crippen molar-refractivity contribution in [1.29, 1.82) is 0 Å². The molecule has 7 heteroatoms. The Morgan fingerprint density at radius 3 is 2.17 bits per heavy atom. The second-order valence-electron chi connectivity index (χ2n) is 5.02. The van der Waals surface area contributed by atoms with Crippen molar-refractivity contribution in [1.82, 2.24) is 0 Å². The molecule has 0 aliphatic carbocycles. The van der Waals surface area contributed by atoms with Gasteiger partial charge in [-0.3, -0.25) is 14.4 Å². The van der Waals surface area contributed by atoms with E-state index < -0.39 is 17.7 Å². The molecule has 7 N–H and O–H groups in total. The Morgan fingerprint density at radius 1 is 0.913 bits per heavy atom. The molecule has 0 bridgehead atoms. The number of hydrogen-bond donors (Lipinski definition) is 4. The Bertz CT molecular complexity index is 815. The number of amides is 3. The summed E-state index contributed by atoms with van der Waals surface area (Å²) < 4.78 is 0. The first-order valence-electron chi connectivity index (χ1n) is 6.70. The standard InChI is InChI=1S/C16H16N4O3/c1-8-6-10(17)3-5-13(8)20-16(23)12-7-9(14(18)21)2-4-11(12)15(19)22/h2-7H,17H2,1H3,(H2,18,21)(H2,19,22)(H,20,23). The molecule has 0 atom stereocenters. The van der Waals surface area contributed by atoms with Gasteiger partial charge in [-0.05, 0) is 48.9 Å². The number of carbonyl (C=O) groups excluding carboxylic acids is 3. The highest BCUT2D eigenvalue weighted by Gasteiger charge is 2.18. The van der Waals surface area contributed by atoms with Crippen LogP contribution in [-0.4, -0.2) is 17.7 Å². The molecule has 0 spiro atoms. The Hall–Kier alpha value is -3.35. The maximum absolute atomic E-state index is 12.4. The molecule has 118 valence electrons. The fraction of sp³-hybridized carbons (Fsp3) is 0.0625. The summed E-state index contributed by atoms with van der Waals surface area (Å²) >= 11 is 0. The summed E-state index contributed by atoms with van der Waals surface area (Å²) in [5.41, 5.74) is 18.1. The molecule has 0 radical (unpaired) electrons. The lowest BCUT2D eigenvalue weighted by Crippen LogP contribution is -2.22. The monoisotopic (exact) mass is 312 g/mol. The van der Waals surface area contributed by atoms with Crippen LogP contribution in [0.25, 0.3) is 0 Å². The van der Waals surface area contributed by atoms with Gasteiger partial charge in [-0.15, -0.1) is 0 Å². The molecule has 0 aromatic heterocycles. The zero-order valence-corrected chi connectivity index (χ0v) is 12.4. The first-order chi connectivity index (χ1) is 10.8. The van der Waals surface area contributed by atoms with Gasteiger partial charge in [0.25, 0.3) is 5.91 Å². The normalized spacial score (nSPS) is 10.1. The summed E-state index contributed by atoms with van der Waals surface area (Å²) in [5.74, 6) is -2.06. The fourth-order valence-corrected chi connectivity index (χ4v) is 2.12. The van der Waals surface area contributed by atoms with Crippen molar-refractivity contribution < 1.29 is 14.4 Å². The minimum absolute atomic E-state index is 0.000554. The molecule has 2 aromatic carbocycles. The smallest absolute Gasteiger partial charge is 0.256 e. The lowest BCUT2D eigenvalue weighted by atomic mass is 10.0. The number of carbonyl (C=O) groups is 3. The highest BCUT2D eigenvalue weighted by Crippen LogP contribution is 2.20. The summed E-state index contributed by atoms with van der Waals surface area (Å²) in [7, 11) is 0. The van der Waals surface area contributed by atoms with Crippen molar-refractivity contribution in [2.45, 2.75) is 6.92 Å². The van der Waals surface area contributed by atoms with Gasteiger partial charge in [0.1, 0.15) is 0 Å². The van der Waals surface area contributed by atoms with Crippen LogP contribution in [0.3, 0.4) is 0 Å². The predicted molar refractivity (Wildman–Crippen MR) is 87.0 cm³/mol. The highest BCUT2D eigenvalue weighted by atomic mass is 16.2. The number of anilines is 2. The van der Waals surface area contributed by atoms with E-state index in [-0.39, 0.29) is 16.7 Å². The van der Waals surface area contributed by atoms with E-state index in [9.17, 15) is 14.4 Å². The number of nitrogens with one attached hydrogen (secondary N) is 1. The largest absolute Gasteiger partial charge is 0.399 e. The molecule has 0 unspecified atom stereocenters. The number of nitrogens with two attached hydrogens (primary N) is 3. The summed E-state index contributed by atoms with van der Waals surface area (Å²) in [6.07, 6.45) is 0. The number of hydrogen-bond acceptors (Lipinski definition) is 4. The van der Waals surface area contributed by atoms with Gasteiger partial charge in [-0.25, -0.2) is 0 Å². The van der Waals surface area contributed by atoms with Crippen LogP contribution in [0.2, 0.25) is 0 Å². The van der Waals surface area contributed by atoms with Gasteiger partial charge < -0.3 is 22.5 Å². The van der Waals surface area contributed by atoms with Crippen LogP contribution in [-0.2, 0) is 0 Å². The lowest BCUT2D eigenvalue weighted by molar-refractivity contribution is 0.0974. The molecule has 0 saturated heterocycles.